The van der Waals surface area contributed by atoms with Gasteiger partial charge in [0.15, 0.2) is 5.82 Å². The maximum atomic E-state index is 11.5. The van der Waals surface area contributed by atoms with E-state index < -0.39 is 0 Å². The normalized spacial score (nSPS) is 26.7. The Morgan fingerprint density at radius 2 is 2.27 bits per heavy atom. The van der Waals surface area contributed by atoms with Gasteiger partial charge in [-0.05, 0) is 18.3 Å². The summed E-state index contributed by atoms with van der Waals surface area (Å²) in [5.74, 6) is 1.93. The first-order chi connectivity index (χ1) is 7.18. The van der Waals surface area contributed by atoms with Crippen molar-refractivity contribution in [3.63, 3.8) is 0 Å². The van der Waals surface area contributed by atoms with Crippen molar-refractivity contribution in [1.29, 1.82) is 0 Å². The van der Waals surface area contributed by atoms with Crippen LogP contribution in [0.25, 0.3) is 0 Å². The highest BCUT2D eigenvalue weighted by atomic mass is 16.1. The van der Waals surface area contributed by atoms with Gasteiger partial charge in [-0.1, -0.05) is 13.8 Å². The van der Waals surface area contributed by atoms with Gasteiger partial charge in [-0.25, -0.2) is 4.98 Å². The van der Waals surface area contributed by atoms with Gasteiger partial charge in [0.2, 0.25) is 0 Å². The van der Waals surface area contributed by atoms with Crippen LogP contribution >= 0.6 is 0 Å². The Hall–Kier alpha value is -1.32. The van der Waals surface area contributed by atoms with E-state index in [1.54, 1.807) is 12.4 Å². The Kier molecular flexibility index (Phi) is 2.75. The number of H-pyrrole nitrogens is 1. The van der Waals surface area contributed by atoms with E-state index in [1.807, 2.05) is 0 Å². The zero-order chi connectivity index (χ0) is 10.8. The molecule has 1 aromatic rings. The van der Waals surface area contributed by atoms with Gasteiger partial charge in [0.1, 0.15) is 0 Å². The summed E-state index contributed by atoms with van der Waals surface area (Å²) < 4.78 is 0. The third kappa shape index (κ3) is 2.03. The zero-order valence-electron chi connectivity index (χ0n) is 9.23. The molecule has 0 amide bonds. The molecule has 4 nitrogen and oxygen atoms in total. The Labute approximate surface area is 89.3 Å². The van der Waals surface area contributed by atoms with E-state index in [1.165, 1.54) is 0 Å². The van der Waals surface area contributed by atoms with Crippen LogP contribution in [0.1, 0.15) is 20.3 Å². The van der Waals surface area contributed by atoms with Gasteiger partial charge < -0.3 is 9.88 Å². The summed E-state index contributed by atoms with van der Waals surface area (Å²) in [6, 6.07) is 0. The number of piperidine rings is 1. The van der Waals surface area contributed by atoms with Crippen molar-refractivity contribution >= 4 is 5.82 Å². The van der Waals surface area contributed by atoms with Crippen LogP contribution < -0.4 is 10.5 Å². The lowest BCUT2D eigenvalue weighted by atomic mass is 9.89. The van der Waals surface area contributed by atoms with Crippen LogP contribution in [0.5, 0.6) is 0 Å². The molecule has 15 heavy (non-hydrogen) atoms. The first-order valence-electron chi connectivity index (χ1n) is 5.47. The second kappa shape index (κ2) is 4.04. The van der Waals surface area contributed by atoms with Crippen LogP contribution in [0.3, 0.4) is 0 Å². The summed E-state index contributed by atoms with van der Waals surface area (Å²) in [6.45, 7) is 6.37. The molecule has 1 aromatic heterocycles. The van der Waals surface area contributed by atoms with E-state index in [9.17, 15) is 4.79 Å². The fourth-order valence-corrected chi connectivity index (χ4v) is 2.02. The minimum absolute atomic E-state index is 0.0840. The summed E-state index contributed by atoms with van der Waals surface area (Å²) in [4.78, 5) is 20.4. The number of hydrogen-bond donors (Lipinski definition) is 1. The average molecular weight is 207 g/mol. The fourth-order valence-electron chi connectivity index (χ4n) is 2.02. The molecule has 0 radical (unpaired) electrons. The predicted molar refractivity (Wildman–Crippen MR) is 60.0 cm³/mol. The third-order valence-electron chi connectivity index (χ3n) is 3.32. The molecular formula is C11H17N3O. The van der Waals surface area contributed by atoms with Crippen molar-refractivity contribution in [2.45, 2.75) is 20.3 Å². The largest absolute Gasteiger partial charge is 0.352 e. The van der Waals surface area contributed by atoms with Crippen molar-refractivity contribution in [2.75, 3.05) is 18.0 Å². The van der Waals surface area contributed by atoms with Crippen LogP contribution in [-0.2, 0) is 0 Å². The molecule has 1 aliphatic rings. The quantitative estimate of drug-likeness (QED) is 0.754. The third-order valence-corrected chi connectivity index (χ3v) is 3.32. The maximum absolute atomic E-state index is 11.5. The second-order valence-electron chi connectivity index (χ2n) is 4.43. The number of nitrogens with one attached hydrogen (secondary N) is 1. The molecule has 1 aliphatic heterocycles. The summed E-state index contributed by atoms with van der Waals surface area (Å²) >= 11 is 0. The maximum Gasteiger partial charge on any atom is 0.290 e. The molecule has 0 bridgehead atoms. The first kappa shape index (κ1) is 10.2. The van der Waals surface area contributed by atoms with E-state index in [4.69, 9.17) is 0 Å². The molecule has 0 spiro atoms. The number of anilines is 1. The fraction of sp³-hybridized carbons (Fsp3) is 0.636. The molecule has 2 rings (SSSR count). The molecule has 0 saturated carbocycles. The zero-order valence-corrected chi connectivity index (χ0v) is 9.23. The molecule has 4 heteroatoms. The Balaban J connectivity index is 2.19. The molecule has 0 aliphatic carbocycles. The summed E-state index contributed by atoms with van der Waals surface area (Å²) in [7, 11) is 0. The molecule has 2 heterocycles. The highest BCUT2D eigenvalue weighted by Gasteiger charge is 2.24. The van der Waals surface area contributed by atoms with Crippen molar-refractivity contribution in [2.24, 2.45) is 11.8 Å². The number of nitrogens with zero attached hydrogens (tertiary/aromatic N) is 2. The summed E-state index contributed by atoms with van der Waals surface area (Å²) in [5.41, 5.74) is -0.0840. The smallest absolute Gasteiger partial charge is 0.290 e. The van der Waals surface area contributed by atoms with Crippen molar-refractivity contribution in [3.05, 3.63) is 22.7 Å². The minimum atomic E-state index is -0.0840. The highest BCUT2D eigenvalue weighted by Crippen LogP contribution is 2.23. The molecule has 1 fully saturated rings. The predicted octanol–water partition coefficient (Wildman–Crippen LogP) is 1.25. The van der Waals surface area contributed by atoms with Crippen LogP contribution in [0.4, 0.5) is 5.82 Å². The van der Waals surface area contributed by atoms with Gasteiger partial charge in [-0.2, -0.15) is 0 Å². The van der Waals surface area contributed by atoms with E-state index in [-0.39, 0.29) is 5.56 Å². The Morgan fingerprint density at radius 3 is 2.93 bits per heavy atom. The lowest BCUT2D eigenvalue weighted by Gasteiger charge is -2.35. The van der Waals surface area contributed by atoms with Crippen molar-refractivity contribution in [3.8, 4) is 0 Å². The first-order valence-corrected chi connectivity index (χ1v) is 5.47. The van der Waals surface area contributed by atoms with Gasteiger partial charge in [-0.3, -0.25) is 4.79 Å². The number of rotatable bonds is 1. The Bertz CT molecular complexity index is 387. The van der Waals surface area contributed by atoms with Crippen molar-refractivity contribution < 1.29 is 0 Å². The molecular weight excluding hydrogens is 190 g/mol. The highest BCUT2D eigenvalue weighted by molar-refractivity contribution is 5.35. The van der Waals surface area contributed by atoms with Gasteiger partial charge in [-0.15, -0.1) is 0 Å². The number of aromatic nitrogens is 2. The second-order valence-corrected chi connectivity index (χ2v) is 4.43. The standard InChI is InChI=1S/C11H17N3O/c1-8-3-6-14(7-9(8)2)10-11(15)13-5-4-12-10/h4-5,8-9H,3,6-7H2,1-2H3,(H,13,15). The molecule has 1 saturated heterocycles. The topological polar surface area (TPSA) is 49.0 Å². The molecule has 0 aromatic carbocycles. The van der Waals surface area contributed by atoms with Crippen molar-refractivity contribution in [1.82, 2.24) is 9.97 Å². The average Bonchev–Trinajstić information content (AvgIpc) is 2.23. The summed E-state index contributed by atoms with van der Waals surface area (Å²) in [5, 5.41) is 0. The monoisotopic (exact) mass is 207 g/mol. The Morgan fingerprint density at radius 1 is 1.47 bits per heavy atom. The number of hydrogen-bond acceptors (Lipinski definition) is 3. The summed E-state index contributed by atoms with van der Waals surface area (Å²) in [6.07, 6.45) is 4.35. The van der Waals surface area contributed by atoms with Crippen LogP contribution in [-0.4, -0.2) is 23.1 Å². The lowest BCUT2D eigenvalue weighted by Crippen LogP contribution is -2.41. The van der Waals surface area contributed by atoms with Gasteiger partial charge in [0, 0.05) is 25.5 Å². The van der Waals surface area contributed by atoms with E-state index in [2.05, 4.69) is 28.7 Å². The van der Waals surface area contributed by atoms with E-state index in [0.717, 1.165) is 25.4 Å². The van der Waals surface area contributed by atoms with E-state index >= 15 is 0 Å². The van der Waals surface area contributed by atoms with Crippen LogP contribution in [0, 0.1) is 11.8 Å². The van der Waals surface area contributed by atoms with Crippen LogP contribution in [0.2, 0.25) is 0 Å². The van der Waals surface area contributed by atoms with Gasteiger partial charge in [0.05, 0.1) is 0 Å². The van der Waals surface area contributed by atoms with Crippen LogP contribution in [0.15, 0.2) is 17.2 Å². The van der Waals surface area contributed by atoms with Gasteiger partial charge >= 0.3 is 0 Å². The van der Waals surface area contributed by atoms with E-state index in [0.29, 0.717) is 11.7 Å². The van der Waals surface area contributed by atoms with Gasteiger partial charge in [0.25, 0.3) is 5.56 Å². The molecule has 2 atom stereocenters. The molecule has 1 N–H and O–H groups in total. The lowest BCUT2D eigenvalue weighted by molar-refractivity contribution is 0.322. The number of aromatic amines is 1. The molecule has 82 valence electrons. The SMILES string of the molecule is CC1CCN(c2ncc[nH]c2=O)CC1C. The minimum Gasteiger partial charge on any atom is -0.352 e. The molecule has 2 unspecified atom stereocenters.